The molecule has 3 heterocycles. The molecule has 7 heteroatoms. The van der Waals surface area contributed by atoms with E-state index >= 15 is 0 Å². The number of anilines is 1. The largest absolute Gasteiger partial charge is 0.354 e. The number of carbonyl (C=O) groups excluding carboxylic acids is 1. The number of piperidine rings is 1. The fourth-order valence-corrected chi connectivity index (χ4v) is 4.13. The number of nitrogens with zero attached hydrogens (tertiary/aromatic N) is 4. The molecule has 0 unspecified atom stereocenters. The van der Waals surface area contributed by atoms with Gasteiger partial charge in [0.25, 0.3) is 5.91 Å². The summed E-state index contributed by atoms with van der Waals surface area (Å²) in [5, 5.41) is 8.12. The van der Waals surface area contributed by atoms with Gasteiger partial charge < -0.3 is 10.2 Å². The summed E-state index contributed by atoms with van der Waals surface area (Å²) in [6.07, 6.45) is 4.06. The number of carbonyl (C=O) groups is 1. The van der Waals surface area contributed by atoms with Crippen LogP contribution >= 0.6 is 11.3 Å². The Kier molecular flexibility index (Phi) is 3.93. The number of fused-ring (bicyclic) bond motifs is 1. The zero-order valence-electron chi connectivity index (χ0n) is 13.5. The molecule has 0 radical (unpaired) electrons. The molecule has 0 bridgehead atoms. The van der Waals surface area contributed by atoms with Gasteiger partial charge in [0, 0.05) is 26.3 Å². The summed E-state index contributed by atoms with van der Waals surface area (Å²) < 4.78 is 3.14. The topological polar surface area (TPSA) is 63.1 Å². The van der Waals surface area contributed by atoms with Gasteiger partial charge in [0.05, 0.1) is 16.3 Å². The molecule has 2 aromatic heterocycles. The van der Waals surface area contributed by atoms with E-state index in [0.717, 1.165) is 36.6 Å². The molecule has 1 atom stereocenters. The lowest BCUT2D eigenvalue weighted by Crippen LogP contribution is -2.36. The van der Waals surface area contributed by atoms with E-state index < -0.39 is 0 Å². The van der Waals surface area contributed by atoms with Gasteiger partial charge in [0.1, 0.15) is 5.69 Å². The van der Waals surface area contributed by atoms with Crippen LogP contribution in [0.5, 0.6) is 0 Å². The van der Waals surface area contributed by atoms with Gasteiger partial charge in [-0.25, -0.2) is 4.98 Å². The van der Waals surface area contributed by atoms with Crippen molar-refractivity contribution in [3.05, 3.63) is 42.2 Å². The lowest BCUT2D eigenvalue weighted by atomic mass is 10.1. The Hall–Kier alpha value is -2.41. The van der Waals surface area contributed by atoms with Crippen LogP contribution in [-0.2, 0) is 0 Å². The van der Waals surface area contributed by atoms with Gasteiger partial charge in [-0.15, -0.1) is 0 Å². The lowest BCUT2D eigenvalue weighted by molar-refractivity contribution is 0.0957. The third-order valence-corrected chi connectivity index (χ3v) is 5.49. The Morgan fingerprint density at radius 1 is 1.33 bits per heavy atom. The highest BCUT2D eigenvalue weighted by Gasteiger charge is 2.24. The molecule has 124 valence electrons. The van der Waals surface area contributed by atoms with Crippen LogP contribution in [0.3, 0.4) is 0 Å². The second-order valence-electron chi connectivity index (χ2n) is 5.97. The van der Waals surface area contributed by atoms with Crippen molar-refractivity contribution < 1.29 is 4.79 Å². The maximum Gasteiger partial charge on any atom is 0.271 e. The molecule has 0 saturated carbocycles. The molecule has 0 aliphatic carbocycles. The first-order chi connectivity index (χ1) is 11.7. The van der Waals surface area contributed by atoms with Crippen molar-refractivity contribution in [1.82, 2.24) is 20.1 Å². The zero-order chi connectivity index (χ0) is 16.5. The van der Waals surface area contributed by atoms with E-state index in [1.807, 2.05) is 23.0 Å². The highest BCUT2D eigenvalue weighted by molar-refractivity contribution is 7.22. The first kappa shape index (κ1) is 15.1. The van der Waals surface area contributed by atoms with E-state index in [-0.39, 0.29) is 11.9 Å². The van der Waals surface area contributed by atoms with Gasteiger partial charge in [0.2, 0.25) is 0 Å². The molecule has 1 N–H and O–H groups in total. The van der Waals surface area contributed by atoms with Crippen molar-refractivity contribution in [3.63, 3.8) is 0 Å². The summed E-state index contributed by atoms with van der Waals surface area (Å²) in [7, 11) is 1.62. The van der Waals surface area contributed by atoms with E-state index in [4.69, 9.17) is 4.98 Å². The maximum absolute atomic E-state index is 11.7. The van der Waals surface area contributed by atoms with Gasteiger partial charge in [-0.3, -0.25) is 9.48 Å². The highest BCUT2D eigenvalue weighted by Crippen LogP contribution is 2.32. The first-order valence-corrected chi connectivity index (χ1v) is 8.94. The van der Waals surface area contributed by atoms with Crippen LogP contribution in [0.2, 0.25) is 0 Å². The third-order valence-electron chi connectivity index (χ3n) is 4.39. The van der Waals surface area contributed by atoms with Crippen LogP contribution in [0.15, 0.2) is 36.5 Å². The molecule has 1 saturated heterocycles. The normalized spacial score (nSPS) is 18.0. The summed E-state index contributed by atoms with van der Waals surface area (Å²) in [5.41, 5.74) is 1.52. The Balaban J connectivity index is 1.55. The predicted molar refractivity (Wildman–Crippen MR) is 95.7 cm³/mol. The van der Waals surface area contributed by atoms with Gasteiger partial charge >= 0.3 is 0 Å². The number of nitrogens with one attached hydrogen (secondary N) is 1. The van der Waals surface area contributed by atoms with Crippen LogP contribution < -0.4 is 10.2 Å². The summed E-state index contributed by atoms with van der Waals surface area (Å²) >= 11 is 1.74. The molecule has 4 rings (SSSR count). The smallest absolute Gasteiger partial charge is 0.271 e. The summed E-state index contributed by atoms with van der Waals surface area (Å²) in [6, 6.07) is 10.3. The van der Waals surface area contributed by atoms with Crippen LogP contribution in [0.25, 0.3) is 10.2 Å². The summed E-state index contributed by atoms with van der Waals surface area (Å²) in [6.45, 7) is 1.88. The minimum atomic E-state index is -0.146. The van der Waals surface area contributed by atoms with Crippen molar-refractivity contribution in [3.8, 4) is 0 Å². The Morgan fingerprint density at radius 3 is 3.04 bits per heavy atom. The van der Waals surface area contributed by atoms with E-state index in [2.05, 4.69) is 27.4 Å². The fraction of sp³-hybridized carbons (Fsp3) is 0.353. The van der Waals surface area contributed by atoms with E-state index in [1.54, 1.807) is 24.5 Å². The minimum absolute atomic E-state index is 0.146. The van der Waals surface area contributed by atoms with Crippen molar-refractivity contribution >= 4 is 32.6 Å². The van der Waals surface area contributed by atoms with Crippen molar-refractivity contribution in [2.24, 2.45) is 0 Å². The van der Waals surface area contributed by atoms with Crippen molar-refractivity contribution in [1.29, 1.82) is 0 Å². The highest BCUT2D eigenvalue weighted by atomic mass is 32.1. The number of aromatic nitrogens is 3. The molecule has 1 aromatic carbocycles. The fourth-order valence-electron chi connectivity index (χ4n) is 3.13. The first-order valence-electron chi connectivity index (χ1n) is 8.12. The number of benzene rings is 1. The second kappa shape index (κ2) is 6.24. The number of amides is 1. The molecular weight excluding hydrogens is 322 g/mol. The summed E-state index contributed by atoms with van der Waals surface area (Å²) in [5.74, 6) is -0.146. The van der Waals surface area contributed by atoms with Crippen molar-refractivity contribution in [2.45, 2.75) is 18.9 Å². The molecule has 3 aromatic rings. The Labute approximate surface area is 144 Å². The second-order valence-corrected chi connectivity index (χ2v) is 6.98. The number of para-hydroxylation sites is 1. The minimum Gasteiger partial charge on any atom is -0.354 e. The van der Waals surface area contributed by atoms with E-state index in [1.165, 1.54) is 4.70 Å². The van der Waals surface area contributed by atoms with E-state index in [9.17, 15) is 4.79 Å². The lowest BCUT2D eigenvalue weighted by Gasteiger charge is -2.32. The van der Waals surface area contributed by atoms with Crippen LogP contribution in [0.4, 0.5) is 5.13 Å². The standard InChI is InChI=1S/C17H19N5OS/c1-18-16(23)14-8-10-22(20-14)12-5-4-9-21(11-12)17-19-13-6-2-3-7-15(13)24-17/h2-3,6-8,10,12H,4-5,9,11H2,1H3,(H,18,23)/t12-/m0/s1. The molecule has 6 nitrogen and oxygen atoms in total. The third kappa shape index (κ3) is 2.75. The monoisotopic (exact) mass is 341 g/mol. The number of thiazole rings is 1. The number of hydrogen-bond donors (Lipinski definition) is 1. The van der Waals surface area contributed by atoms with Crippen LogP contribution in [0, 0.1) is 0 Å². The molecule has 24 heavy (non-hydrogen) atoms. The molecule has 1 amide bonds. The summed E-state index contributed by atoms with van der Waals surface area (Å²) in [4.78, 5) is 18.8. The van der Waals surface area contributed by atoms with Crippen LogP contribution in [-0.4, -0.2) is 40.8 Å². The molecule has 0 spiro atoms. The Morgan fingerprint density at radius 2 is 2.21 bits per heavy atom. The van der Waals surface area contributed by atoms with Gasteiger partial charge in [-0.05, 0) is 31.0 Å². The quantitative estimate of drug-likeness (QED) is 0.796. The molecule has 1 fully saturated rings. The molecule has 1 aliphatic rings. The van der Waals surface area contributed by atoms with Gasteiger partial charge in [-0.2, -0.15) is 5.10 Å². The number of rotatable bonds is 3. The van der Waals surface area contributed by atoms with Gasteiger partial charge in [-0.1, -0.05) is 23.5 Å². The predicted octanol–water partition coefficient (Wildman–Crippen LogP) is 2.69. The van der Waals surface area contributed by atoms with Crippen LogP contribution in [0.1, 0.15) is 29.4 Å². The van der Waals surface area contributed by atoms with Crippen molar-refractivity contribution in [2.75, 3.05) is 25.0 Å². The van der Waals surface area contributed by atoms with E-state index in [0.29, 0.717) is 5.69 Å². The maximum atomic E-state index is 11.7. The molecular formula is C17H19N5OS. The SMILES string of the molecule is CNC(=O)c1ccn([C@H]2CCCN(c3nc4ccccc4s3)C2)n1. The average molecular weight is 341 g/mol. The molecule has 1 aliphatic heterocycles. The zero-order valence-corrected chi connectivity index (χ0v) is 14.3. The average Bonchev–Trinajstić information content (AvgIpc) is 3.28. The Bertz CT molecular complexity index is 838. The van der Waals surface area contributed by atoms with Gasteiger partial charge in [0.15, 0.2) is 5.13 Å². The number of hydrogen-bond acceptors (Lipinski definition) is 5.